The molecule has 3 rings (SSSR count). The van der Waals surface area contributed by atoms with Crippen molar-refractivity contribution in [2.45, 2.75) is 23.9 Å². The van der Waals surface area contributed by atoms with Gasteiger partial charge < -0.3 is 14.0 Å². The summed E-state index contributed by atoms with van der Waals surface area (Å²) in [5, 5.41) is 5.58. The minimum atomic E-state index is -0.875. The Hall–Kier alpha value is -0.720. The number of nitrogens with zero attached hydrogens (tertiary/aromatic N) is 1. The van der Waals surface area contributed by atoms with Gasteiger partial charge in [-0.3, -0.25) is 0 Å². The molecule has 0 aliphatic heterocycles. The Bertz CT molecular complexity index is 715. The van der Waals surface area contributed by atoms with E-state index < -0.39 is 5.79 Å². The van der Waals surface area contributed by atoms with Crippen LogP contribution in [-0.2, 0) is 15.3 Å². The predicted octanol–water partition coefficient (Wildman–Crippen LogP) is 5.29. The molecule has 1 aromatic carbocycles. The highest BCUT2D eigenvalue weighted by molar-refractivity contribution is 7.98. The zero-order valence-electron chi connectivity index (χ0n) is 13.1. The molecule has 1 aliphatic rings. The lowest BCUT2D eigenvalue weighted by Gasteiger charge is -2.36. The second-order valence-corrected chi connectivity index (χ2v) is 7.20. The largest absolute Gasteiger partial charge is 0.359 e. The average Bonchev–Trinajstić information content (AvgIpc) is 2.99. The second kappa shape index (κ2) is 6.65. The third-order valence-corrected chi connectivity index (χ3v) is 5.82. The maximum absolute atomic E-state index is 6.36. The third kappa shape index (κ3) is 2.79. The quantitative estimate of drug-likeness (QED) is 0.681. The highest BCUT2D eigenvalue weighted by Gasteiger charge is 2.46. The fourth-order valence-electron chi connectivity index (χ4n) is 3.05. The van der Waals surface area contributed by atoms with Crippen molar-refractivity contribution in [2.24, 2.45) is 0 Å². The van der Waals surface area contributed by atoms with Gasteiger partial charge in [-0.25, -0.2) is 0 Å². The van der Waals surface area contributed by atoms with Crippen molar-refractivity contribution in [1.29, 1.82) is 0 Å². The van der Waals surface area contributed by atoms with Gasteiger partial charge in [-0.1, -0.05) is 28.4 Å². The number of benzene rings is 1. The Morgan fingerprint density at radius 2 is 2.04 bits per heavy atom. The molecule has 1 aromatic heterocycles. The molecule has 1 heterocycles. The highest BCUT2D eigenvalue weighted by atomic mass is 35.5. The molecular formula is C16H17Cl2NO3S. The maximum atomic E-state index is 6.36. The van der Waals surface area contributed by atoms with Crippen LogP contribution in [0.25, 0.3) is 11.3 Å². The first kappa shape index (κ1) is 17.1. The van der Waals surface area contributed by atoms with Crippen LogP contribution in [0.5, 0.6) is 0 Å². The molecule has 4 nitrogen and oxygen atoms in total. The lowest BCUT2D eigenvalue weighted by Crippen LogP contribution is -2.35. The molecule has 0 saturated heterocycles. The topological polar surface area (TPSA) is 44.5 Å². The molecule has 0 fully saturated rings. The van der Waals surface area contributed by atoms with Crippen LogP contribution in [0.4, 0.5) is 0 Å². The van der Waals surface area contributed by atoms with Gasteiger partial charge in [-0.05, 0) is 30.9 Å². The second-order valence-electron chi connectivity index (χ2n) is 5.32. The van der Waals surface area contributed by atoms with Crippen LogP contribution in [0, 0.1) is 0 Å². The smallest absolute Gasteiger partial charge is 0.200 e. The van der Waals surface area contributed by atoms with Crippen LogP contribution >= 0.6 is 35.0 Å². The summed E-state index contributed by atoms with van der Waals surface area (Å²) in [7, 11) is 3.26. The molecule has 23 heavy (non-hydrogen) atoms. The van der Waals surface area contributed by atoms with Crippen LogP contribution in [0.2, 0.25) is 10.0 Å². The van der Waals surface area contributed by atoms with Crippen molar-refractivity contribution in [3.05, 3.63) is 39.6 Å². The minimum absolute atomic E-state index is 0.218. The van der Waals surface area contributed by atoms with Crippen molar-refractivity contribution < 1.29 is 14.0 Å². The Morgan fingerprint density at radius 3 is 2.65 bits per heavy atom. The zero-order chi connectivity index (χ0) is 16.6. The number of rotatable bonds is 4. The van der Waals surface area contributed by atoms with E-state index in [2.05, 4.69) is 11.4 Å². The van der Waals surface area contributed by atoms with Gasteiger partial charge in [0.25, 0.3) is 0 Å². The normalized spacial score (nSPS) is 19.6. The van der Waals surface area contributed by atoms with E-state index in [1.807, 2.05) is 6.07 Å². The van der Waals surface area contributed by atoms with E-state index in [1.165, 1.54) is 0 Å². The lowest BCUT2D eigenvalue weighted by molar-refractivity contribution is -0.224. The molecule has 7 heteroatoms. The fraction of sp³-hybridized carbons (Fsp3) is 0.438. The fourth-order valence-corrected chi connectivity index (χ4v) is 4.28. The Balaban J connectivity index is 2.23. The molecular weight excluding hydrogens is 357 g/mol. The first-order valence-corrected chi connectivity index (χ1v) is 9.19. The number of halogens is 2. The van der Waals surface area contributed by atoms with Gasteiger partial charge in [0.05, 0.1) is 15.8 Å². The van der Waals surface area contributed by atoms with E-state index in [1.54, 1.807) is 38.1 Å². The standard InChI is InChI=1S/C16H17Cl2NO3S/c1-20-16(21-2)7-6-12(23-3)15-13(16)14(19-22-15)10-5-4-9(17)8-11(10)18/h4-5,8,12H,6-7H2,1-3H3. The Labute approximate surface area is 149 Å². The predicted molar refractivity (Wildman–Crippen MR) is 93.1 cm³/mol. The summed E-state index contributed by atoms with van der Waals surface area (Å²) in [6.45, 7) is 0. The van der Waals surface area contributed by atoms with Crippen molar-refractivity contribution >= 4 is 35.0 Å². The van der Waals surface area contributed by atoms with Crippen molar-refractivity contribution in [3.63, 3.8) is 0 Å². The first-order valence-electron chi connectivity index (χ1n) is 7.15. The van der Waals surface area contributed by atoms with Crippen LogP contribution < -0.4 is 0 Å². The molecule has 0 amide bonds. The van der Waals surface area contributed by atoms with E-state index in [0.29, 0.717) is 15.7 Å². The Kier molecular flexibility index (Phi) is 4.95. The van der Waals surface area contributed by atoms with E-state index in [0.717, 1.165) is 29.7 Å². The van der Waals surface area contributed by atoms with E-state index >= 15 is 0 Å². The number of hydrogen-bond acceptors (Lipinski definition) is 5. The number of aromatic nitrogens is 1. The van der Waals surface area contributed by atoms with Crippen molar-refractivity contribution in [3.8, 4) is 11.3 Å². The van der Waals surface area contributed by atoms with Gasteiger partial charge >= 0.3 is 0 Å². The SMILES string of the molecule is COC1(OC)CCC(SC)c2onc(-c3ccc(Cl)cc3Cl)c21. The average molecular weight is 374 g/mol. The van der Waals surface area contributed by atoms with Gasteiger partial charge in [0.1, 0.15) is 5.69 Å². The van der Waals surface area contributed by atoms with E-state index in [4.69, 9.17) is 37.2 Å². The summed E-state index contributed by atoms with van der Waals surface area (Å²) in [6.07, 6.45) is 3.66. The lowest BCUT2D eigenvalue weighted by atomic mass is 9.88. The number of hydrogen-bond donors (Lipinski definition) is 0. The Morgan fingerprint density at radius 1 is 1.30 bits per heavy atom. The van der Waals surface area contributed by atoms with Crippen molar-refractivity contribution in [1.82, 2.24) is 5.16 Å². The molecule has 1 aliphatic carbocycles. The molecule has 0 spiro atoms. The zero-order valence-corrected chi connectivity index (χ0v) is 15.4. The summed E-state index contributed by atoms with van der Waals surface area (Å²) in [4.78, 5) is 0. The summed E-state index contributed by atoms with van der Waals surface area (Å²) in [6, 6.07) is 5.30. The van der Waals surface area contributed by atoms with Crippen LogP contribution in [-0.4, -0.2) is 25.6 Å². The van der Waals surface area contributed by atoms with Gasteiger partial charge in [0.2, 0.25) is 0 Å². The summed E-state index contributed by atoms with van der Waals surface area (Å²) < 4.78 is 17.1. The van der Waals surface area contributed by atoms with Crippen molar-refractivity contribution in [2.75, 3.05) is 20.5 Å². The van der Waals surface area contributed by atoms with Crippen LogP contribution in [0.15, 0.2) is 22.7 Å². The molecule has 1 unspecified atom stereocenters. The number of methoxy groups -OCH3 is 2. The van der Waals surface area contributed by atoms with E-state index in [9.17, 15) is 0 Å². The summed E-state index contributed by atoms with van der Waals surface area (Å²) in [5.41, 5.74) is 2.21. The molecule has 0 N–H and O–H groups in total. The summed E-state index contributed by atoms with van der Waals surface area (Å²) in [5.74, 6) is -0.0895. The molecule has 0 saturated carbocycles. The van der Waals surface area contributed by atoms with Gasteiger partial charge in [0, 0.05) is 31.2 Å². The third-order valence-electron chi connectivity index (χ3n) is 4.26. The summed E-state index contributed by atoms with van der Waals surface area (Å²) >= 11 is 14.1. The minimum Gasteiger partial charge on any atom is -0.359 e. The number of fused-ring (bicyclic) bond motifs is 1. The molecule has 1 atom stereocenters. The molecule has 124 valence electrons. The molecule has 0 bridgehead atoms. The van der Waals surface area contributed by atoms with Gasteiger partial charge in [0.15, 0.2) is 11.5 Å². The van der Waals surface area contributed by atoms with Gasteiger partial charge in [-0.15, -0.1) is 0 Å². The molecule has 2 aromatic rings. The van der Waals surface area contributed by atoms with Crippen LogP contribution in [0.1, 0.15) is 29.4 Å². The monoisotopic (exact) mass is 373 g/mol. The van der Waals surface area contributed by atoms with Crippen LogP contribution in [0.3, 0.4) is 0 Å². The first-order chi connectivity index (χ1) is 11.1. The molecule has 0 radical (unpaired) electrons. The van der Waals surface area contributed by atoms with E-state index in [-0.39, 0.29) is 5.25 Å². The highest BCUT2D eigenvalue weighted by Crippen LogP contribution is 2.51. The number of ether oxygens (including phenoxy) is 2. The number of thioether (sulfide) groups is 1. The maximum Gasteiger partial charge on any atom is 0.200 e. The van der Waals surface area contributed by atoms with Gasteiger partial charge in [-0.2, -0.15) is 11.8 Å².